The Labute approximate surface area is 137 Å². The van der Waals surface area contributed by atoms with Gasteiger partial charge in [-0.05, 0) is 17.5 Å². The Morgan fingerprint density at radius 1 is 0.826 bits per heavy atom. The van der Waals surface area contributed by atoms with Crippen molar-refractivity contribution in [3.63, 3.8) is 0 Å². The van der Waals surface area contributed by atoms with Gasteiger partial charge in [-0.25, -0.2) is 0 Å². The maximum absolute atomic E-state index is 10.0. The number of hydrogen-bond donors (Lipinski definition) is 2. The monoisotopic (exact) mass is 315 g/mol. The lowest BCUT2D eigenvalue weighted by Gasteiger charge is -2.19. The molecule has 0 aliphatic rings. The van der Waals surface area contributed by atoms with E-state index >= 15 is 0 Å². The van der Waals surface area contributed by atoms with Gasteiger partial charge in [0, 0.05) is 12.6 Å². The molecule has 0 fully saturated rings. The topological polar surface area (TPSA) is 64.7 Å². The SMILES string of the molecule is N[C@@H](CCOCc1ccccc1)[C@@H](O)COCc1ccccc1. The molecule has 0 aromatic heterocycles. The maximum Gasteiger partial charge on any atom is 0.0925 e. The van der Waals surface area contributed by atoms with Crippen molar-refractivity contribution in [3.05, 3.63) is 71.8 Å². The molecule has 0 saturated carbocycles. The molecule has 124 valence electrons. The highest BCUT2D eigenvalue weighted by atomic mass is 16.5. The lowest BCUT2D eigenvalue weighted by Crippen LogP contribution is -2.38. The lowest BCUT2D eigenvalue weighted by atomic mass is 10.1. The highest BCUT2D eigenvalue weighted by Gasteiger charge is 2.14. The first-order valence-electron chi connectivity index (χ1n) is 7.92. The zero-order valence-electron chi connectivity index (χ0n) is 13.3. The minimum absolute atomic E-state index is 0.231. The second-order valence-corrected chi connectivity index (χ2v) is 5.56. The van der Waals surface area contributed by atoms with Crippen LogP contribution in [-0.2, 0) is 22.7 Å². The van der Waals surface area contributed by atoms with Crippen LogP contribution in [0.5, 0.6) is 0 Å². The first-order chi connectivity index (χ1) is 11.3. The summed E-state index contributed by atoms with van der Waals surface area (Å²) in [4.78, 5) is 0. The van der Waals surface area contributed by atoms with Crippen LogP contribution in [-0.4, -0.2) is 30.5 Å². The number of aliphatic hydroxyl groups is 1. The summed E-state index contributed by atoms with van der Waals surface area (Å²) in [5.74, 6) is 0. The third kappa shape index (κ3) is 6.93. The Hall–Kier alpha value is -1.72. The second-order valence-electron chi connectivity index (χ2n) is 5.56. The molecule has 3 N–H and O–H groups in total. The summed E-state index contributed by atoms with van der Waals surface area (Å²) in [5.41, 5.74) is 8.18. The molecule has 2 aromatic rings. The van der Waals surface area contributed by atoms with Crippen LogP contribution in [0.4, 0.5) is 0 Å². The van der Waals surface area contributed by atoms with Gasteiger partial charge in [0.1, 0.15) is 0 Å². The summed E-state index contributed by atoms with van der Waals surface area (Å²) in [6.07, 6.45) is -0.0815. The maximum atomic E-state index is 10.0. The molecule has 0 amide bonds. The summed E-state index contributed by atoms with van der Waals surface area (Å²) in [5, 5.41) is 10.0. The Morgan fingerprint density at radius 2 is 1.35 bits per heavy atom. The lowest BCUT2D eigenvalue weighted by molar-refractivity contribution is 0.00789. The van der Waals surface area contributed by atoms with Crippen LogP contribution in [0.15, 0.2) is 60.7 Å². The number of benzene rings is 2. The van der Waals surface area contributed by atoms with E-state index in [-0.39, 0.29) is 12.6 Å². The van der Waals surface area contributed by atoms with Crippen LogP contribution in [0.2, 0.25) is 0 Å². The fraction of sp³-hybridized carbons (Fsp3) is 0.368. The molecule has 0 heterocycles. The van der Waals surface area contributed by atoms with E-state index < -0.39 is 6.10 Å². The largest absolute Gasteiger partial charge is 0.389 e. The molecule has 2 atom stereocenters. The van der Waals surface area contributed by atoms with Gasteiger partial charge in [-0.15, -0.1) is 0 Å². The third-order valence-electron chi connectivity index (χ3n) is 3.60. The second kappa shape index (κ2) is 10.1. The van der Waals surface area contributed by atoms with E-state index in [4.69, 9.17) is 15.2 Å². The van der Waals surface area contributed by atoms with Gasteiger partial charge in [-0.3, -0.25) is 0 Å². The first-order valence-corrected chi connectivity index (χ1v) is 7.92. The van der Waals surface area contributed by atoms with Gasteiger partial charge in [0.25, 0.3) is 0 Å². The Bertz CT molecular complexity index is 533. The smallest absolute Gasteiger partial charge is 0.0925 e. The van der Waals surface area contributed by atoms with Crippen molar-refractivity contribution in [2.24, 2.45) is 5.73 Å². The Kier molecular flexibility index (Phi) is 7.77. The van der Waals surface area contributed by atoms with Crippen molar-refractivity contribution < 1.29 is 14.6 Å². The standard InChI is InChI=1S/C19H25NO3/c20-18(11-12-22-13-16-7-3-1-4-8-16)19(21)15-23-14-17-9-5-2-6-10-17/h1-10,18-19,21H,11-15,20H2/t18-,19-/m0/s1. The summed E-state index contributed by atoms with van der Waals surface area (Å²) in [6, 6.07) is 19.5. The van der Waals surface area contributed by atoms with E-state index in [2.05, 4.69) is 0 Å². The van der Waals surface area contributed by atoms with Crippen LogP contribution < -0.4 is 5.73 Å². The normalized spacial score (nSPS) is 13.7. The van der Waals surface area contributed by atoms with E-state index in [0.29, 0.717) is 26.2 Å². The highest BCUT2D eigenvalue weighted by molar-refractivity contribution is 5.14. The molecule has 0 aliphatic carbocycles. The van der Waals surface area contributed by atoms with Gasteiger partial charge in [-0.2, -0.15) is 0 Å². The number of hydrogen-bond acceptors (Lipinski definition) is 4. The van der Waals surface area contributed by atoms with Gasteiger partial charge >= 0.3 is 0 Å². The predicted octanol–water partition coefficient (Wildman–Crippen LogP) is 2.50. The van der Waals surface area contributed by atoms with Crippen molar-refractivity contribution in [1.82, 2.24) is 0 Å². The molecule has 0 aliphatic heterocycles. The first kappa shape index (κ1) is 17.6. The quantitative estimate of drug-likeness (QED) is 0.661. The van der Waals surface area contributed by atoms with Gasteiger partial charge in [0.05, 0.1) is 25.9 Å². The number of rotatable bonds is 10. The Balaban J connectivity index is 1.56. The molecule has 4 nitrogen and oxygen atoms in total. The summed E-state index contributed by atoms with van der Waals surface area (Å²) in [7, 11) is 0. The molecule has 2 aromatic carbocycles. The van der Waals surface area contributed by atoms with Crippen LogP contribution in [0.25, 0.3) is 0 Å². The van der Waals surface area contributed by atoms with Crippen LogP contribution in [0.3, 0.4) is 0 Å². The molecule has 0 spiro atoms. The molecular formula is C19H25NO3. The van der Waals surface area contributed by atoms with E-state index in [1.807, 2.05) is 60.7 Å². The average Bonchev–Trinajstić information content (AvgIpc) is 2.60. The Morgan fingerprint density at radius 3 is 1.91 bits per heavy atom. The van der Waals surface area contributed by atoms with Crippen LogP contribution >= 0.6 is 0 Å². The van der Waals surface area contributed by atoms with Gasteiger partial charge in [0.15, 0.2) is 0 Å². The third-order valence-corrected chi connectivity index (χ3v) is 3.60. The molecule has 0 saturated heterocycles. The van der Waals surface area contributed by atoms with Crippen LogP contribution in [0, 0.1) is 0 Å². The van der Waals surface area contributed by atoms with Gasteiger partial charge in [0.2, 0.25) is 0 Å². The summed E-state index contributed by atoms with van der Waals surface area (Å²) >= 11 is 0. The van der Waals surface area contributed by atoms with Gasteiger partial charge in [-0.1, -0.05) is 60.7 Å². The van der Waals surface area contributed by atoms with Crippen molar-refractivity contribution in [2.75, 3.05) is 13.2 Å². The molecular weight excluding hydrogens is 290 g/mol. The number of ether oxygens (including phenoxy) is 2. The molecule has 2 rings (SSSR count). The minimum Gasteiger partial charge on any atom is -0.389 e. The van der Waals surface area contributed by atoms with Crippen molar-refractivity contribution in [2.45, 2.75) is 31.8 Å². The van der Waals surface area contributed by atoms with Crippen molar-refractivity contribution in [3.8, 4) is 0 Å². The molecule has 4 heteroatoms. The molecule has 0 radical (unpaired) electrons. The van der Waals surface area contributed by atoms with Crippen molar-refractivity contribution >= 4 is 0 Å². The minimum atomic E-state index is -0.681. The molecule has 0 unspecified atom stereocenters. The van der Waals surface area contributed by atoms with E-state index in [1.54, 1.807) is 0 Å². The number of nitrogens with two attached hydrogens (primary N) is 1. The highest BCUT2D eigenvalue weighted by Crippen LogP contribution is 2.05. The zero-order chi connectivity index (χ0) is 16.3. The van der Waals surface area contributed by atoms with Crippen molar-refractivity contribution in [1.29, 1.82) is 0 Å². The van der Waals surface area contributed by atoms with E-state index in [1.165, 1.54) is 0 Å². The summed E-state index contributed by atoms with van der Waals surface area (Å²) < 4.78 is 11.1. The summed E-state index contributed by atoms with van der Waals surface area (Å²) in [6.45, 7) is 1.80. The van der Waals surface area contributed by atoms with E-state index in [0.717, 1.165) is 11.1 Å². The molecule has 0 bridgehead atoms. The van der Waals surface area contributed by atoms with E-state index in [9.17, 15) is 5.11 Å². The average molecular weight is 315 g/mol. The fourth-order valence-corrected chi connectivity index (χ4v) is 2.17. The molecule has 23 heavy (non-hydrogen) atoms. The van der Waals surface area contributed by atoms with Crippen LogP contribution in [0.1, 0.15) is 17.5 Å². The van der Waals surface area contributed by atoms with Gasteiger partial charge < -0.3 is 20.3 Å². The zero-order valence-corrected chi connectivity index (χ0v) is 13.3. The number of aliphatic hydroxyl groups excluding tert-OH is 1. The predicted molar refractivity (Wildman–Crippen MR) is 90.8 cm³/mol. The fourth-order valence-electron chi connectivity index (χ4n) is 2.17.